The van der Waals surface area contributed by atoms with Crippen molar-refractivity contribution in [2.75, 3.05) is 39.8 Å². The largest absolute Gasteiger partial charge is 0.497 e. The first-order valence-electron chi connectivity index (χ1n) is 11.1. The van der Waals surface area contributed by atoms with E-state index in [9.17, 15) is 9.18 Å². The third-order valence-electron chi connectivity index (χ3n) is 6.58. The second-order valence-corrected chi connectivity index (χ2v) is 8.44. The van der Waals surface area contributed by atoms with Crippen molar-refractivity contribution in [3.63, 3.8) is 0 Å². The molecule has 0 spiro atoms. The molecule has 2 fully saturated rings. The monoisotopic (exact) mass is 405 g/mol. The van der Waals surface area contributed by atoms with Crippen molar-refractivity contribution in [3.8, 4) is 5.75 Å². The van der Waals surface area contributed by atoms with E-state index >= 15 is 0 Å². The lowest BCUT2D eigenvalue weighted by Gasteiger charge is -2.32. The number of carbonyl (C=O) groups is 1. The maximum absolute atomic E-state index is 14.2. The van der Waals surface area contributed by atoms with Crippen LogP contribution in [0.5, 0.6) is 5.75 Å². The highest BCUT2D eigenvalue weighted by Gasteiger charge is 2.24. The van der Waals surface area contributed by atoms with Crippen molar-refractivity contribution < 1.29 is 13.9 Å². The van der Waals surface area contributed by atoms with E-state index in [1.54, 1.807) is 7.11 Å². The van der Waals surface area contributed by atoms with E-state index in [0.29, 0.717) is 30.7 Å². The van der Waals surface area contributed by atoms with Gasteiger partial charge in [-0.25, -0.2) is 4.39 Å². The molecule has 6 heteroatoms. The van der Waals surface area contributed by atoms with Crippen LogP contribution in [-0.2, 0) is 11.3 Å². The van der Waals surface area contributed by atoms with E-state index in [1.165, 1.54) is 18.9 Å². The summed E-state index contributed by atoms with van der Waals surface area (Å²) < 4.78 is 19.2. The summed E-state index contributed by atoms with van der Waals surface area (Å²) in [5, 5.41) is 3.14. The van der Waals surface area contributed by atoms with Crippen LogP contribution in [0.15, 0.2) is 18.2 Å². The molecule has 5 nitrogen and oxygen atoms in total. The molecule has 1 N–H and O–H groups in total. The van der Waals surface area contributed by atoms with Gasteiger partial charge < -0.3 is 10.1 Å². The van der Waals surface area contributed by atoms with E-state index in [0.717, 1.165) is 57.5 Å². The van der Waals surface area contributed by atoms with Crippen molar-refractivity contribution in [1.29, 1.82) is 0 Å². The molecule has 0 radical (unpaired) electrons. The average Bonchev–Trinajstić information content (AvgIpc) is 3.20. The Morgan fingerprint density at radius 3 is 2.72 bits per heavy atom. The van der Waals surface area contributed by atoms with Crippen LogP contribution in [0.25, 0.3) is 0 Å². The maximum atomic E-state index is 14.2. The van der Waals surface area contributed by atoms with Crippen molar-refractivity contribution >= 4 is 5.91 Å². The van der Waals surface area contributed by atoms with Crippen LogP contribution in [0.2, 0.25) is 0 Å². The molecule has 1 aromatic rings. The average molecular weight is 406 g/mol. The van der Waals surface area contributed by atoms with E-state index in [-0.39, 0.29) is 11.7 Å². The van der Waals surface area contributed by atoms with Gasteiger partial charge in [0, 0.05) is 37.2 Å². The van der Waals surface area contributed by atoms with Gasteiger partial charge in [0.05, 0.1) is 7.11 Å². The lowest BCUT2D eigenvalue weighted by molar-refractivity contribution is -0.121. The SMILES string of the molecule is CCN1CCC[C@H]1CNC(=O)CCC1CCN(Cc2ccc(OC)cc2F)CC1. The molecule has 29 heavy (non-hydrogen) atoms. The molecule has 162 valence electrons. The van der Waals surface area contributed by atoms with Crippen molar-refractivity contribution in [2.45, 2.75) is 58.0 Å². The third-order valence-corrected chi connectivity index (χ3v) is 6.58. The van der Waals surface area contributed by atoms with Crippen molar-refractivity contribution in [2.24, 2.45) is 5.92 Å². The molecular weight excluding hydrogens is 369 g/mol. The standard InChI is InChI=1S/C23H36FN3O2/c1-3-27-12-4-5-20(27)16-25-23(28)9-6-18-10-13-26(14-11-18)17-19-7-8-21(29-2)15-22(19)24/h7-8,15,18,20H,3-6,9-14,16-17H2,1-2H3,(H,25,28)/t20-/m0/s1. The second kappa shape index (κ2) is 10.9. The molecular formula is C23H36FN3O2. The minimum Gasteiger partial charge on any atom is -0.497 e. The number of ether oxygens (including phenoxy) is 1. The highest BCUT2D eigenvalue weighted by Crippen LogP contribution is 2.25. The quantitative estimate of drug-likeness (QED) is 0.684. The normalized spacial score (nSPS) is 21.4. The molecule has 1 amide bonds. The summed E-state index contributed by atoms with van der Waals surface area (Å²) >= 11 is 0. The molecule has 2 heterocycles. The molecule has 0 unspecified atom stereocenters. The van der Waals surface area contributed by atoms with Crippen LogP contribution in [-0.4, -0.2) is 61.6 Å². The molecule has 2 aliphatic heterocycles. The molecule has 0 saturated carbocycles. The summed E-state index contributed by atoms with van der Waals surface area (Å²) in [5.74, 6) is 1.14. The minimum absolute atomic E-state index is 0.190. The fourth-order valence-corrected chi connectivity index (χ4v) is 4.66. The number of amides is 1. The number of nitrogens with one attached hydrogen (secondary N) is 1. The summed E-state index contributed by atoms with van der Waals surface area (Å²) in [6.45, 7) is 7.78. The van der Waals surface area contributed by atoms with Gasteiger partial charge in [0.25, 0.3) is 0 Å². The fourth-order valence-electron chi connectivity index (χ4n) is 4.66. The van der Waals surface area contributed by atoms with Gasteiger partial charge in [-0.2, -0.15) is 0 Å². The van der Waals surface area contributed by atoms with Gasteiger partial charge >= 0.3 is 0 Å². The Kier molecular flexibility index (Phi) is 8.30. The lowest BCUT2D eigenvalue weighted by atomic mass is 9.92. The third kappa shape index (κ3) is 6.41. The topological polar surface area (TPSA) is 44.8 Å². The number of hydrogen-bond acceptors (Lipinski definition) is 4. The van der Waals surface area contributed by atoms with Crippen LogP contribution < -0.4 is 10.1 Å². The predicted octanol–water partition coefficient (Wildman–Crippen LogP) is 3.43. The molecule has 1 atom stereocenters. The number of carbonyl (C=O) groups excluding carboxylic acids is 1. The number of hydrogen-bond donors (Lipinski definition) is 1. The maximum Gasteiger partial charge on any atom is 0.220 e. The summed E-state index contributed by atoms with van der Waals surface area (Å²) in [6.07, 6.45) is 6.18. The molecule has 2 saturated heterocycles. The first-order valence-corrected chi connectivity index (χ1v) is 11.1. The summed E-state index contributed by atoms with van der Waals surface area (Å²) in [7, 11) is 1.55. The lowest BCUT2D eigenvalue weighted by Crippen LogP contribution is -2.40. The van der Waals surface area contributed by atoms with Gasteiger partial charge in [0.1, 0.15) is 11.6 Å². The Hall–Kier alpha value is -1.66. The zero-order valence-corrected chi connectivity index (χ0v) is 18.0. The Bertz CT molecular complexity index is 662. The summed E-state index contributed by atoms with van der Waals surface area (Å²) in [4.78, 5) is 17.0. The fraction of sp³-hybridized carbons (Fsp3) is 0.696. The van der Waals surface area contributed by atoms with E-state index < -0.39 is 0 Å². The van der Waals surface area contributed by atoms with E-state index in [4.69, 9.17) is 4.74 Å². The van der Waals surface area contributed by atoms with Crippen LogP contribution in [0.3, 0.4) is 0 Å². The van der Waals surface area contributed by atoms with Gasteiger partial charge in [-0.05, 0) is 70.3 Å². The number of piperidine rings is 1. The molecule has 2 aliphatic rings. The smallest absolute Gasteiger partial charge is 0.220 e. The van der Waals surface area contributed by atoms with Gasteiger partial charge in [0.15, 0.2) is 0 Å². The number of halogens is 1. The van der Waals surface area contributed by atoms with E-state index in [2.05, 4.69) is 22.0 Å². The van der Waals surface area contributed by atoms with Gasteiger partial charge in [0.2, 0.25) is 5.91 Å². The van der Waals surface area contributed by atoms with Crippen molar-refractivity contribution in [3.05, 3.63) is 29.6 Å². The first kappa shape index (κ1) is 22.0. The van der Waals surface area contributed by atoms with Crippen molar-refractivity contribution in [1.82, 2.24) is 15.1 Å². The second-order valence-electron chi connectivity index (χ2n) is 8.44. The zero-order chi connectivity index (χ0) is 20.6. The van der Waals surface area contributed by atoms with Gasteiger partial charge in [-0.15, -0.1) is 0 Å². The number of likely N-dealkylation sites (tertiary alicyclic amines) is 2. The number of methoxy groups -OCH3 is 1. The molecule has 0 bridgehead atoms. The summed E-state index contributed by atoms with van der Waals surface area (Å²) in [6, 6.07) is 5.60. The zero-order valence-electron chi connectivity index (χ0n) is 18.0. The van der Waals surface area contributed by atoms with Crippen LogP contribution in [0, 0.1) is 11.7 Å². The van der Waals surface area contributed by atoms with Crippen LogP contribution >= 0.6 is 0 Å². The molecule has 3 rings (SSSR count). The molecule has 1 aromatic carbocycles. The number of nitrogens with zero attached hydrogens (tertiary/aromatic N) is 2. The summed E-state index contributed by atoms with van der Waals surface area (Å²) in [5.41, 5.74) is 0.719. The number of likely N-dealkylation sites (N-methyl/N-ethyl adjacent to an activating group) is 1. The van der Waals surface area contributed by atoms with E-state index in [1.807, 2.05) is 12.1 Å². The van der Waals surface area contributed by atoms with Gasteiger partial charge in [-0.1, -0.05) is 13.0 Å². The van der Waals surface area contributed by atoms with Crippen LogP contribution in [0.4, 0.5) is 4.39 Å². The Morgan fingerprint density at radius 2 is 2.03 bits per heavy atom. The highest BCUT2D eigenvalue weighted by atomic mass is 19.1. The predicted molar refractivity (Wildman–Crippen MR) is 113 cm³/mol. The highest BCUT2D eigenvalue weighted by molar-refractivity contribution is 5.75. The Balaban J connectivity index is 1.33. The molecule has 0 aromatic heterocycles. The Morgan fingerprint density at radius 1 is 1.24 bits per heavy atom. The van der Waals surface area contributed by atoms with Gasteiger partial charge in [-0.3, -0.25) is 14.6 Å². The Labute approximate surface area is 174 Å². The number of rotatable bonds is 9. The minimum atomic E-state index is -0.202. The number of benzene rings is 1. The van der Waals surface area contributed by atoms with Crippen LogP contribution in [0.1, 0.15) is 51.0 Å². The first-order chi connectivity index (χ1) is 14.1. The molecule has 0 aliphatic carbocycles.